The summed E-state index contributed by atoms with van der Waals surface area (Å²) in [6.07, 6.45) is 3.95. The summed E-state index contributed by atoms with van der Waals surface area (Å²) in [5.74, 6) is 2.10. The number of hydrogen-bond donors (Lipinski definition) is 0. The van der Waals surface area contributed by atoms with Crippen LogP contribution in [0.5, 0.6) is 5.75 Å². The smallest absolute Gasteiger partial charge is 0.261 e. The summed E-state index contributed by atoms with van der Waals surface area (Å²) < 4.78 is 10.9. The van der Waals surface area contributed by atoms with Crippen molar-refractivity contribution >= 4 is 5.91 Å². The van der Waals surface area contributed by atoms with Crippen LogP contribution in [0.25, 0.3) is 0 Å². The first-order valence-electron chi connectivity index (χ1n) is 8.50. The molecule has 0 bridgehead atoms. The van der Waals surface area contributed by atoms with Crippen molar-refractivity contribution in [2.24, 2.45) is 0 Å². The first-order chi connectivity index (χ1) is 12.2. The normalized spacial score (nSPS) is 19.6. The summed E-state index contributed by atoms with van der Waals surface area (Å²) in [7, 11) is 0. The molecule has 1 amide bonds. The minimum Gasteiger partial charge on any atom is -0.484 e. The van der Waals surface area contributed by atoms with Gasteiger partial charge in [0, 0.05) is 12.5 Å². The van der Waals surface area contributed by atoms with Gasteiger partial charge in [-0.3, -0.25) is 4.79 Å². The molecule has 1 aliphatic carbocycles. The Morgan fingerprint density at radius 2 is 2.28 bits per heavy atom. The Bertz CT molecular complexity index is 822. The first-order valence-corrected chi connectivity index (χ1v) is 8.50. The van der Waals surface area contributed by atoms with Crippen molar-refractivity contribution in [3.8, 4) is 11.8 Å². The average molecular weight is 338 g/mol. The number of nitriles is 1. The molecule has 2 fully saturated rings. The van der Waals surface area contributed by atoms with E-state index in [1.54, 1.807) is 29.2 Å². The van der Waals surface area contributed by atoms with Crippen molar-refractivity contribution in [2.75, 3.05) is 13.2 Å². The van der Waals surface area contributed by atoms with Gasteiger partial charge in [0.05, 0.1) is 17.7 Å². The molecular formula is C18H18N4O3. The number of ether oxygens (including phenoxy) is 1. The predicted molar refractivity (Wildman–Crippen MR) is 86.6 cm³/mol. The molecule has 2 aromatic rings. The molecule has 128 valence electrons. The fourth-order valence-corrected chi connectivity index (χ4v) is 3.10. The molecule has 1 aromatic carbocycles. The van der Waals surface area contributed by atoms with Gasteiger partial charge in [0.15, 0.2) is 12.4 Å². The first kappa shape index (κ1) is 15.6. The van der Waals surface area contributed by atoms with E-state index in [1.165, 1.54) is 0 Å². The molecule has 1 saturated carbocycles. The molecule has 0 radical (unpaired) electrons. The second-order valence-electron chi connectivity index (χ2n) is 6.44. The third kappa shape index (κ3) is 3.33. The zero-order valence-electron chi connectivity index (χ0n) is 13.7. The fourth-order valence-electron chi connectivity index (χ4n) is 3.10. The molecular weight excluding hydrogens is 320 g/mol. The third-order valence-electron chi connectivity index (χ3n) is 4.58. The van der Waals surface area contributed by atoms with Crippen LogP contribution in [-0.2, 0) is 4.79 Å². The van der Waals surface area contributed by atoms with Crippen LogP contribution >= 0.6 is 0 Å². The molecule has 25 heavy (non-hydrogen) atoms. The minimum atomic E-state index is -0.141. The highest BCUT2D eigenvalue weighted by molar-refractivity contribution is 5.78. The molecule has 0 N–H and O–H groups in total. The van der Waals surface area contributed by atoms with Gasteiger partial charge >= 0.3 is 0 Å². The van der Waals surface area contributed by atoms with Crippen molar-refractivity contribution < 1.29 is 14.1 Å². The number of carbonyl (C=O) groups excluding carboxylic acids is 1. The summed E-state index contributed by atoms with van der Waals surface area (Å²) in [5.41, 5.74) is 0.503. The number of rotatable bonds is 5. The summed E-state index contributed by atoms with van der Waals surface area (Å²) in [5, 5.41) is 13.0. The van der Waals surface area contributed by atoms with Gasteiger partial charge in [-0.1, -0.05) is 11.2 Å². The van der Waals surface area contributed by atoms with Crippen LogP contribution in [0.15, 0.2) is 28.8 Å². The van der Waals surface area contributed by atoms with Crippen molar-refractivity contribution in [1.82, 2.24) is 15.0 Å². The van der Waals surface area contributed by atoms with E-state index in [1.807, 2.05) is 0 Å². The van der Waals surface area contributed by atoms with E-state index < -0.39 is 0 Å². The summed E-state index contributed by atoms with van der Waals surface area (Å²) in [6, 6.07) is 8.69. The standard InChI is InChI=1S/C18H18N4O3/c19-10-12-3-1-4-14(9-12)24-11-16(23)22-8-2-5-15(22)17-20-18(25-21-17)13-6-7-13/h1,3-4,9,13,15H,2,5-8,11H2/t15-/m0/s1. The molecule has 7 heteroatoms. The average Bonchev–Trinajstić information content (AvgIpc) is 3.18. The number of nitrogens with zero attached hydrogens (tertiary/aromatic N) is 4. The molecule has 7 nitrogen and oxygen atoms in total. The summed E-state index contributed by atoms with van der Waals surface area (Å²) in [4.78, 5) is 18.8. The summed E-state index contributed by atoms with van der Waals surface area (Å²) >= 11 is 0. The van der Waals surface area contributed by atoms with Gasteiger partial charge in [0.2, 0.25) is 5.89 Å². The molecule has 1 saturated heterocycles. The molecule has 2 heterocycles. The van der Waals surface area contributed by atoms with E-state index in [4.69, 9.17) is 14.5 Å². The molecule has 1 atom stereocenters. The number of likely N-dealkylation sites (tertiary alicyclic amines) is 1. The molecule has 4 rings (SSSR count). The second kappa shape index (κ2) is 6.55. The van der Waals surface area contributed by atoms with E-state index in [2.05, 4.69) is 16.2 Å². The van der Waals surface area contributed by atoms with Gasteiger partial charge in [-0.15, -0.1) is 0 Å². The topological polar surface area (TPSA) is 92.2 Å². The number of benzene rings is 1. The quantitative estimate of drug-likeness (QED) is 0.832. The van der Waals surface area contributed by atoms with Crippen LogP contribution in [-0.4, -0.2) is 34.1 Å². The second-order valence-corrected chi connectivity index (χ2v) is 6.44. The van der Waals surface area contributed by atoms with Crippen LogP contribution in [0, 0.1) is 11.3 Å². The number of carbonyl (C=O) groups is 1. The summed E-state index contributed by atoms with van der Waals surface area (Å²) in [6.45, 7) is 0.594. The molecule has 0 spiro atoms. The molecule has 1 aromatic heterocycles. The van der Waals surface area contributed by atoms with E-state index >= 15 is 0 Å². The minimum absolute atomic E-state index is 0.0707. The van der Waals surface area contributed by atoms with Gasteiger partial charge in [-0.25, -0.2) is 0 Å². The zero-order valence-corrected chi connectivity index (χ0v) is 13.7. The van der Waals surface area contributed by atoms with Gasteiger partial charge < -0.3 is 14.2 Å². The Labute approximate surface area is 145 Å². The SMILES string of the molecule is N#Cc1cccc(OCC(=O)N2CCC[C@H]2c2noc(C3CC3)n2)c1. The van der Waals surface area contributed by atoms with Crippen molar-refractivity contribution in [1.29, 1.82) is 5.26 Å². The van der Waals surface area contributed by atoms with Crippen LogP contribution in [0.1, 0.15) is 54.9 Å². The van der Waals surface area contributed by atoms with Crippen LogP contribution in [0.3, 0.4) is 0 Å². The van der Waals surface area contributed by atoms with Gasteiger partial charge in [0.25, 0.3) is 5.91 Å². The van der Waals surface area contributed by atoms with Crippen molar-refractivity contribution in [3.05, 3.63) is 41.5 Å². The van der Waals surface area contributed by atoms with E-state index in [0.29, 0.717) is 35.5 Å². The van der Waals surface area contributed by atoms with E-state index in [-0.39, 0.29) is 18.6 Å². The Morgan fingerprint density at radius 3 is 3.08 bits per heavy atom. The molecule has 0 unspecified atom stereocenters. The van der Waals surface area contributed by atoms with Gasteiger partial charge in [-0.05, 0) is 43.9 Å². The lowest BCUT2D eigenvalue weighted by Gasteiger charge is -2.22. The lowest BCUT2D eigenvalue weighted by Crippen LogP contribution is -2.34. The number of hydrogen-bond acceptors (Lipinski definition) is 6. The molecule has 1 aliphatic heterocycles. The van der Waals surface area contributed by atoms with Crippen LogP contribution < -0.4 is 4.74 Å². The Kier molecular flexibility index (Phi) is 4.10. The van der Waals surface area contributed by atoms with Crippen molar-refractivity contribution in [3.63, 3.8) is 0 Å². The lowest BCUT2D eigenvalue weighted by atomic mass is 10.2. The maximum Gasteiger partial charge on any atom is 0.261 e. The Balaban J connectivity index is 1.40. The number of amides is 1. The largest absolute Gasteiger partial charge is 0.484 e. The van der Waals surface area contributed by atoms with Crippen LogP contribution in [0.2, 0.25) is 0 Å². The fraction of sp³-hybridized carbons (Fsp3) is 0.444. The lowest BCUT2D eigenvalue weighted by molar-refractivity contribution is -0.134. The highest BCUT2D eigenvalue weighted by Gasteiger charge is 2.36. The number of aromatic nitrogens is 2. The highest BCUT2D eigenvalue weighted by Crippen LogP contribution is 2.40. The van der Waals surface area contributed by atoms with Crippen molar-refractivity contribution in [2.45, 2.75) is 37.6 Å². The third-order valence-corrected chi connectivity index (χ3v) is 4.58. The highest BCUT2D eigenvalue weighted by atomic mass is 16.5. The van der Waals surface area contributed by atoms with E-state index in [0.717, 1.165) is 25.7 Å². The van der Waals surface area contributed by atoms with Crippen LogP contribution in [0.4, 0.5) is 0 Å². The Morgan fingerprint density at radius 1 is 1.40 bits per heavy atom. The zero-order chi connectivity index (χ0) is 17.2. The van der Waals surface area contributed by atoms with Gasteiger partial charge in [-0.2, -0.15) is 10.2 Å². The maximum absolute atomic E-state index is 12.6. The monoisotopic (exact) mass is 338 g/mol. The van der Waals surface area contributed by atoms with E-state index in [9.17, 15) is 4.79 Å². The van der Waals surface area contributed by atoms with Gasteiger partial charge in [0.1, 0.15) is 5.75 Å². The molecule has 2 aliphatic rings. The maximum atomic E-state index is 12.6. The predicted octanol–water partition coefficient (Wildman–Crippen LogP) is 2.56. The Hall–Kier alpha value is -2.88.